The second-order valence-corrected chi connectivity index (χ2v) is 5.35. The molecular formula is C13H22N2O5. The van der Waals surface area contributed by atoms with E-state index in [9.17, 15) is 19.5 Å². The zero-order chi connectivity index (χ0) is 15.5. The fourth-order valence-corrected chi connectivity index (χ4v) is 2.35. The number of hydrogen-bond donors (Lipinski definition) is 1. The van der Waals surface area contributed by atoms with Crippen molar-refractivity contribution < 1.29 is 24.2 Å². The summed E-state index contributed by atoms with van der Waals surface area (Å²) in [5.41, 5.74) is -1.28. The Balaban J connectivity index is 2.79. The van der Waals surface area contributed by atoms with Crippen molar-refractivity contribution in [2.45, 2.75) is 32.7 Å². The molecular weight excluding hydrogens is 264 g/mol. The van der Waals surface area contributed by atoms with Gasteiger partial charge in [-0.05, 0) is 27.2 Å². The molecule has 1 saturated heterocycles. The number of carbonyl (C=O) groups excluding carboxylic acids is 2. The van der Waals surface area contributed by atoms with Crippen LogP contribution in [-0.2, 0) is 14.3 Å². The number of ether oxygens (including phenoxy) is 1. The summed E-state index contributed by atoms with van der Waals surface area (Å²) in [5, 5.41) is 9.23. The molecule has 1 aliphatic heterocycles. The summed E-state index contributed by atoms with van der Waals surface area (Å²) in [6.07, 6.45) is 0.545. The maximum absolute atomic E-state index is 12.4. The lowest BCUT2D eigenvalue weighted by Gasteiger charge is -2.36. The largest absolute Gasteiger partial charge is 0.480 e. The Morgan fingerprint density at radius 1 is 1.40 bits per heavy atom. The zero-order valence-corrected chi connectivity index (χ0v) is 12.4. The molecule has 7 nitrogen and oxygen atoms in total. The van der Waals surface area contributed by atoms with Crippen LogP contribution in [-0.4, -0.2) is 65.2 Å². The lowest BCUT2D eigenvalue weighted by molar-refractivity contribution is -0.148. The highest BCUT2D eigenvalue weighted by Crippen LogP contribution is 2.23. The van der Waals surface area contributed by atoms with Crippen molar-refractivity contribution in [3.05, 3.63) is 0 Å². The van der Waals surface area contributed by atoms with Crippen molar-refractivity contribution in [1.29, 1.82) is 0 Å². The number of methoxy groups -OCH3 is 1. The third kappa shape index (κ3) is 3.02. The van der Waals surface area contributed by atoms with E-state index in [0.29, 0.717) is 13.0 Å². The number of nitrogens with zero attached hydrogens (tertiary/aromatic N) is 2. The van der Waals surface area contributed by atoms with Crippen molar-refractivity contribution in [1.82, 2.24) is 9.80 Å². The average Bonchev–Trinajstić information content (AvgIpc) is 2.87. The van der Waals surface area contributed by atoms with E-state index in [4.69, 9.17) is 0 Å². The first-order valence-corrected chi connectivity index (χ1v) is 6.63. The van der Waals surface area contributed by atoms with Crippen LogP contribution >= 0.6 is 0 Å². The number of amides is 2. The lowest BCUT2D eigenvalue weighted by atomic mass is 10.0. The monoisotopic (exact) mass is 286 g/mol. The third-order valence-electron chi connectivity index (χ3n) is 3.74. The van der Waals surface area contributed by atoms with E-state index < -0.39 is 11.5 Å². The quantitative estimate of drug-likeness (QED) is 0.772. The van der Waals surface area contributed by atoms with Crippen LogP contribution in [0.3, 0.4) is 0 Å². The van der Waals surface area contributed by atoms with Gasteiger partial charge in [0.2, 0.25) is 0 Å². The van der Waals surface area contributed by atoms with Gasteiger partial charge in [-0.25, -0.2) is 9.59 Å². The molecule has 1 rings (SSSR count). The minimum absolute atomic E-state index is 0.276. The Morgan fingerprint density at radius 2 is 2.00 bits per heavy atom. The van der Waals surface area contributed by atoms with Gasteiger partial charge in [-0.2, -0.15) is 0 Å². The summed E-state index contributed by atoms with van der Waals surface area (Å²) in [5.74, 6) is -1.71. The summed E-state index contributed by atoms with van der Waals surface area (Å²) in [4.78, 5) is 38.0. The Hall–Kier alpha value is -1.79. The van der Waals surface area contributed by atoms with Crippen LogP contribution in [0.5, 0.6) is 0 Å². The SMILES string of the molecule is CCN(C(=O)N1CCC(C(=O)OC)C1)C(C)(C)C(=O)O. The van der Waals surface area contributed by atoms with E-state index in [1.165, 1.54) is 30.8 Å². The number of hydrogen-bond acceptors (Lipinski definition) is 4. The molecule has 1 N–H and O–H groups in total. The van der Waals surface area contributed by atoms with E-state index in [0.717, 1.165) is 0 Å². The average molecular weight is 286 g/mol. The number of carboxylic acids is 1. The van der Waals surface area contributed by atoms with E-state index in [1.807, 2.05) is 0 Å². The van der Waals surface area contributed by atoms with Crippen molar-refractivity contribution in [3.63, 3.8) is 0 Å². The van der Waals surface area contributed by atoms with Gasteiger partial charge in [-0.3, -0.25) is 4.79 Å². The molecule has 0 aromatic carbocycles. The van der Waals surface area contributed by atoms with Gasteiger partial charge < -0.3 is 19.6 Å². The summed E-state index contributed by atoms with van der Waals surface area (Å²) in [6.45, 7) is 5.71. The Morgan fingerprint density at radius 3 is 2.45 bits per heavy atom. The first kappa shape index (κ1) is 16.3. The summed E-state index contributed by atoms with van der Waals surface area (Å²) in [6, 6.07) is -0.355. The minimum atomic E-state index is -1.28. The molecule has 114 valence electrons. The maximum Gasteiger partial charge on any atom is 0.329 e. The molecule has 0 saturated carbocycles. The van der Waals surface area contributed by atoms with Crippen molar-refractivity contribution in [2.75, 3.05) is 26.7 Å². The molecule has 20 heavy (non-hydrogen) atoms. The number of likely N-dealkylation sites (N-methyl/N-ethyl adjacent to an activating group) is 1. The molecule has 0 bridgehead atoms. The number of aliphatic carboxylic acids is 1. The molecule has 1 atom stereocenters. The Bertz CT molecular complexity index is 408. The fourth-order valence-electron chi connectivity index (χ4n) is 2.35. The zero-order valence-electron chi connectivity index (χ0n) is 12.4. The highest BCUT2D eigenvalue weighted by atomic mass is 16.5. The Kier molecular flexibility index (Phi) is 4.97. The van der Waals surface area contributed by atoms with E-state index in [1.54, 1.807) is 6.92 Å². The van der Waals surface area contributed by atoms with Crippen molar-refractivity contribution in [3.8, 4) is 0 Å². The second-order valence-electron chi connectivity index (χ2n) is 5.35. The topological polar surface area (TPSA) is 87.2 Å². The highest BCUT2D eigenvalue weighted by Gasteiger charge is 2.41. The molecule has 1 fully saturated rings. The minimum Gasteiger partial charge on any atom is -0.480 e. The van der Waals surface area contributed by atoms with Crippen LogP contribution in [0.2, 0.25) is 0 Å². The highest BCUT2D eigenvalue weighted by molar-refractivity contribution is 5.86. The van der Waals surface area contributed by atoms with E-state index >= 15 is 0 Å². The van der Waals surface area contributed by atoms with Gasteiger partial charge in [0.05, 0.1) is 13.0 Å². The number of likely N-dealkylation sites (tertiary alicyclic amines) is 1. The predicted molar refractivity (Wildman–Crippen MR) is 71.2 cm³/mol. The number of urea groups is 1. The molecule has 7 heteroatoms. The van der Waals surface area contributed by atoms with Crippen LogP contribution in [0, 0.1) is 5.92 Å². The molecule has 2 amide bonds. The van der Waals surface area contributed by atoms with E-state index in [-0.39, 0.29) is 31.0 Å². The van der Waals surface area contributed by atoms with Crippen LogP contribution in [0.1, 0.15) is 27.2 Å². The van der Waals surface area contributed by atoms with Gasteiger partial charge in [0, 0.05) is 19.6 Å². The normalized spacial score (nSPS) is 18.8. The fraction of sp³-hybridized carbons (Fsp3) is 0.769. The smallest absolute Gasteiger partial charge is 0.329 e. The Labute approximate surface area is 118 Å². The summed E-state index contributed by atoms with van der Waals surface area (Å²) < 4.78 is 4.67. The van der Waals surface area contributed by atoms with Crippen LogP contribution < -0.4 is 0 Å². The molecule has 1 heterocycles. The molecule has 0 spiro atoms. The third-order valence-corrected chi connectivity index (χ3v) is 3.74. The molecule has 1 unspecified atom stereocenters. The second kappa shape index (κ2) is 6.11. The van der Waals surface area contributed by atoms with Crippen molar-refractivity contribution in [2.24, 2.45) is 5.92 Å². The summed E-state index contributed by atoms with van der Waals surface area (Å²) in [7, 11) is 1.32. The van der Waals surface area contributed by atoms with Gasteiger partial charge in [-0.15, -0.1) is 0 Å². The number of rotatable bonds is 4. The standard InChI is InChI=1S/C13H22N2O5/c1-5-15(13(2,3)11(17)18)12(19)14-7-6-9(8-14)10(16)20-4/h9H,5-8H2,1-4H3,(H,17,18). The molecule has 0 aliphatic carbocycles. The van der Waals surface area contributed by atoms with Gasteiger partial charge in [-0.1, -0.05) is 0 Å². The van der Waals surface area contributed by atoms with Gasteiger partial charge in [0.1, 0.15) is 5.54 Å². The number of esters is 1. The van der Waals surface area contributed by atoms with E-state index in [2.05, 4.69) is 4.74 Å². The van der Waals surface area contributed by atoms with Gasteiger partial charge in [0.25, 0.3) is 0 Å². The molecule has 0 aromatic rings. The molecule has 1 aliphatic rings. The van der Waals surface area contributed by atoms with Crippen LogP contribution in [0.15, 0.2) is 0 Å². The first-order chi connectivity index (χ1) is 9.25. The van der Waals surface area contributed by atoms with Crippen LogP contribution in [0.4, 0.5) is 4.79 Å². The predicted octanol–water partition coefficient (Wildman–Crippen LogP) is 0.786. The summed E-state index contributed by atoms with van der Waals surface area (Å²) >= 11 is 0. The number of carboxylic acid groups (broad SMARTS) is 1. The maximum atomic E-state index is 12.4. The first-order valence-electron chi connectivity index (χ1n) is 6.63. The van der Waals surface area contributed by atoms with Crippen molar-refractivity contribution >= 4 is 18.0 Å². The molecule has 0 aromatic heterocycles. The van der Waals surface area contributed by atoms with Gasteiger partial charge in [0.15, 0.2) is 0 Å². The van der Waals surface area contributed by atoms with Gasteiger partial charge >= 0.3 is 18.0 Å². The lowest BCUT2D eigenvalue weighted by Crippen LogP contribution is -2.56. The van der Waals surface area contributed by atoms with Crippen LogP contribution in [0.25, 0.3) is 0 Å². The number of carbonyl (C=O) groups is 3. The molecule has 0 radical (unpaired) electrons.